The highest BCUT2D eigenvalue weighted by Gasteiger charge is 2.35. The minimum Gasteiger partial charge on any atom is -0.506 e. The number of carbonyl (C=O) groups excluding carboxylic acids is 1. The number of carbonyl (C=O) groups is 1. The van der Waals surface area contributed by atoms with Crippen molar-refractivity contribution >= 4 is 16.8 Å². The smallest absolute Gasteiger partial charge is 0.248 e. The van der Waals surface area contributed by atoms with Crippen LogP contribution in [0.1, 0.15) is 61.3 Å². The average Bonchev–Trinajstić information content (AvgIpc) is 3.64. The van der Waals surface area contributed by atoms with Crippen LogP contribution in [0.4, 0.5) is 0 Å². The number of aromatic nitrogens is 1. The zero-order valence-corrected chi connectivity index (χ0v) is 25.5. The number of nitrogens with one attached hydrogen (secondary N) is 2. The number of ether oxygens (including phenoxy) is 1. The molecule has 2 saturated carbocycles. The van der Waals surface area contributed by atoms with Crippen molar-refractivity contribution in [3.05, 3.63) is 75.6 Å². The first-order valence-electron chi connectivity index (χ1n) is 16.4. The van der Waals surface area contributed by atoms with E-state index in [0.29, 0.717) is 55.2 Å². The lowest BCUT2D eigenvalue weighted by Gasteiger charge is -2.23. The van der Waals surface area contributed by atoms with Crippen molar-refractivity contribution in [2.45, 2.75) is 63.6 Å². The first-order chi connectivity index (χ1) is 21.4. The lowest BCUT2D eigenvalue weighted by atomic mass is 10.0. The fraction of sp³-hybridized carbons (Fsp3) is 0.543. The molecule has 1 saturated heterocycles. The van der Waals surface area contributed by atoms with Crippen LogP contribution in [0, 0.1) is 11.8 Å². The van der Waals surface area contributed by atoms with Crippen molar-refractivity contribution in [2.24, 2.45) is 11.8 Å². The van der Waals surface area contributed by atoms with Crippen LogP contribution < -0.4 is 10.9 Å². The number of fused-ring (bicyclic) bond motifs is 2. The third-order valence-corrected chi connectivity index (χ3v) is 9.67. The van der Waals surface area contributed by atoms with E-state index in [9.17, 15) is 19.8 Å². The molecule has 1 aromatic heterocycles. The summed E-state index contributed by atoms with van der Waals surface area (Å²) in [6.45, 7) is 6.02. The van der Waals surface area contributed by atoms with E-state index in [-0.39, 0.29) is 23.8 Å². The maximum Gasteiger partial charge on any atom is 0.248 e. The van der Waals surface area contributed by atoms with E-state index in [1.807, 2.05) is 4.90 Å². The van der Waals surface area contributed by atoms with Gasteiger partial charge < -0.3 is 30.2 Å². The van der Waals surface area contributed by atoms with Crippen LogP contribution >= 0.6 is 0 Å². The minimum absolute atomic E-state index is 0.0346. The Hall–Kier alpha value is -3.24. The van der Waals surface area contributed by atoms with E-state index in [4.69, 9.17) is 4.74 Å². The van der Waals surface area contributed by atoms with Crippen molar-refractivity contribution in [1.29, 1.82) is 0 Å². The zero-order valence-electron chi connectivity index (χ0n) is 25.5. The van der Waals surface area contributed by atoms with E-state index in [1.165, 1.54) is 55.6 Å². The standard InChI is InChI=1S/C35H46N4O5/c40-31-12-10-29(30-11-13-33(42)37-35(30)31)32(41)20-36-16-17-39(28-8-9-28)34(43)15-19-44-18-14-24-4-6-25(7-5-24)21-38-22-26-2-1-3-27(26)23-38/h4-7,10-13,26-28,32,36,40-41H,1-3,8-9,14-23H2,(H,37,42)/t26?,27?,32-/m0/s1. The number of nitrogens with zero attached hydrogens (tertiary/aromatic N) is 2. The molecule has 2 heterocycles. The van der Waals surface area contributed by atoms with Crippen LogP contribution in [0.5, 0.6) is 5.75 Å². The number of aromatic hydroxyl groups is 1. The number of aliphatic hydroxyl groups excluding tert-OH is 1. The fourth-order valence-corrected chi connectivity index (χ4v) is 7.12. The second-order valence-corrected chi connectivity index (χ2v) is 12.9. The Morgan fingerprint density at radius 2 is 1.75 bits per heavy atom. The van der Waals surface area contributed by atoms with Crippen molar-refractivity contribution in [3.8, 4) is 5.75 Å². The lowest BCUT2D eigenvalue weighted by Crippen LogP contribution is -2.39. The van der Waals surface area contributed by atoms with Gasteiger partial charge in [0, 0.05) is 56.8 Å². The lowest BCUT2D eigenvalue weighted by molar-refractivity contribution is -0.132. The third-order valence-electron chi connectivity index (χ3n) is 9.67. The average molecular weight is 603 g/mol. The number of phenolic OH excluding ortho intramolecular Hbond substituents is 1. The Labute approximate surface area is 259 Å². The Kier molecular flexibility index (Phi) is 9.96. The molecule has 4 N–H and O–H groups in total. The molecule has 9 heteroatoms. The van der Waals surface area contributed by atoms with Crippen LogP contribution in [0.15, 0.2) is 53.3 Å². The summed E-state index contributed by atoms with van der Waals surface area (Å²) in [6, 6.07) is 15.4. The normalized spacial score (nSPS) is 20.7. The Balaban J connectivity index is 0.876. The molecule has 9 nitrogen and oxygen atoms in total. The van der Waals surface area contributed by atoms with Gasteiger partial charge in [-0.1, -0.05) is 36.8 Å². The van der Waals surface area contributed by atoms with Crippen LogP contribution in [0.2, 0.25) is 0 Å². The summed E-state index contributed by atoms with van der Waals surface area (Å²) in [5.74, 6) is 1.94. The number of phenols is 1. The molecule has 3 aromatic rings. The second-order valence-electron chi connectivity index (χ2n) is 12.9. The van der Waals surface area contributed by atoms with Crippen molar-refractivity contribution in [1.82, 2.24) is 20.1 Å². The van der Waals surface area contributed by atoms with Crippen molar-refractivity contribution < 1.29 is 19.7 Å². The molecule has 1 amide bonds. The highest BCUT2D eigenvalue weighted by atomic mass is 16.5. The molecule has 2 aliphatic carbocycles. The fourth-order valence-electron chi connectivity index (χ4n) is 7.12. The molecule has 2 aromatic carbocycles. The maximum absolute atomic E-state index is 13.0. The van der Waals surface area contributed by atoms with Crippen molar-refractivity contribution in [2.75, 3.05) is 45.9 Å². The molecule has 6 rings (SSSR count). The summed E-state index contributed by atoms with van der Waals surface area (Å²) in [5.41, 5.74) is 3.27. The van der Waals surface area contributed by atoms with Gasteiger partial charge in [0.05, 0.1) is 31.3 Å². The van der Waals surface area contributed by atoms with Gasteiger partial charge in [-0.05, 0) is 72.8 Å². The number of aromatic amines is 1. The van der Waals surface area contributed by atoms with Gasteiger partial charge in [-0.15, -0.1) is 0 Å². The molecule has 3 atom stereocenters. The van der Waals surface area contributed by atoms with Gasteiger partial charge >= 0.3 is 0 Å². The quantitative estimate of drug-likeness (QED) is 0.196. The van der Waals surface area contributed by atoms with Gasteiger partial charge in [-0.2, -0.15) is 0 Å². The van der Waals surface area contributed by atoms with E-state index in [1.54, 1.807) is 12.1 Å². The Morgan fingerprint density at radius 3 is 2.50 bits per heavy atom. The van der Waals surface area contributed by atoms with Gasteiger partial charge in [-0.3, -0.25) is 14.5 Å². The topological polar surface area (TPSA) is 118 Å². The summed E-state index contributed by atoms with van der Waals surface area (Å²) >= 11 is 0. The predicted molar refractivity (Wildman–Crippen MR) is 170 cm³/mol. The highest BCUT2D eigenvalue weighted by Crippen LogP contribution is 2.38. The molecular formula is C35H46N4O5. The summed E-state index contributed by atoms with van der Waals surface area (Å²) in [4.78, 5) is 31.8. The summed E-state index contributed by atoms with van der Waals surface area (Å²) in [7, 11) is 0. The van der Waals surface area contributed by atoms with Gasteiger partial charge in [0.2, 0.25) is 11.5 Å². The number of H-pyrrole nitrogens is 1. The number of pyridine rings is 1. The van der Waals surface area contributed by atoms with Crippen LogP contribution in [-0.2, 0) is 22.5 Å². The van der Waals surface area contributed by atoms with Crippen LogP contribution in [0.25, 0.3) is 10.9 Å². The molecule has 44 heavy (non-hydrogen) atoms. The van der Waals surface area contributed by atoms with Gasteiger partial charge in [0.25, 0.3) is 0 Å². The molecule has 0 radical (unpaired) electrons. The molecule has 0 bridgehead atoms. The molecule has 0 spiro atoms. The number of amides is 1. The molecule has 2 unspecified atom stereocenters. The van der Waals surface area contributed by atoms with E-state index in [2.05, 4.69) is 39.5 Å². The number of benzene rings is 2. The van der Waals surface area contributed by atoms with Gasteiger partial charge in [0.1, 0.15) is 5.75 Å². The maximum atomic E-state index is 13.0. The Morgan fingerprint density at radius 1 is 1.00 bits per heavy atom. The predicted octanol–water partition coefficient (Wildman–Crippen LogP) is 3.73. The van der Waals surface area contributed by atoms with E-state index in [0.717, 1.165) is 37.6 Å². The number of likely N-dealkylation sites (tertiary alicyclic amines) is 1. The summed E-state index contributed by atoms with van der Waals surface area (Å²) in [5, 5.41) is 24.7. The highest BCUT2D eigenvalue weighted by molar-refractivity contribution is 5.87. The molecule has 3 aliphatic rings. The molecule has 1 aliphatic heterocycles. The van der Waals surface area contributed by atoms with Gasteiger partial charge in [0.15, 0.2) is 0 Å². The van der Waals surface area contributed by atoms with Crippen LogP contribution in [-0.4, -0.2) is 82.9 Å². The van der Waals surface area contributed by atoms with Crippen LogP contribution in [0.3, 0.4) is 0 Å². The number of hydrogen-bond acceptors (Lipinski definition) is 7. The number of aliphatic hydroxyl groups is 1. The first-order valence-corrected chi connectivity index (χ1v) is 16.4. The number of rotatable bonds is 15. The van der Waals surface area contributed by atoms with Gasteiger partial charge in [-0.25, -0.2) is 0 Å². The minimum atomic E-state index is -0.830. The number of hydrogen-bond donors (Lipinski definition) is 4. The van der Waals surface area contributed by atoms with Crippen molar-refractivity contribution in [3.63, 3.8) is 0 Å². The molecule has 236 valence electrons. The first kappa shape index (κ1) is 30.8. The Bertz CT molecular complexity index is 1460. The monoisotopic (exact) mass is 602 g/mol. The third kappa shape index (κ3) is 7.69. The largest absolute Gasteiger partial charge is 0.506 e. The molecular weight excluding hydrogens is 556 g/mol. The SMILES string of the molecule is O=C(CCOCCc1ccc(CN2CC3CCCC3C2)cc1)N(CCNC[C@H](O)c1ccc(O)c2[nH]c(=O)ccc12)C1CC1. The zero-order chi connectivity index (χ0) is 30.5. The summed E-state index contributed by atoms with van der Waals surface area (Å²) < 4.78 is 5.85. The molecule has 3 fully saturated rings. The van der Waals surface area contributed by atoms with E-state index >= 15 is 0 Å². The second kappa shape index (κ2) is 14.2. The summed E-state index contributed by atoms with van der Waals surface area (Å²) in [6.07, 6.45) is 6.69. The van der Waals surface area contributed by atoms with E-state index < -0.39 is 6.10 Å².